The van der Waals surface area contributed by atoms with Gasteiger partial charge in [0.05, 0.1) is 17.1 Å². The summed E-state index contributed by atoms with van der Waals surface area (Å²) in [5.74, 6) is 0. The summed E-state index contributed by atoms with van der Waals surface area (Å²) < 4.78 is 24.9. The first-order valence-electron chi connectivity index (χ1n) is 6.64. The number of benzene rings is 2. The van der Waals surface area contributed by atoms with E-state index in [9.17, 15) is 8.42 Å². The molecule has 1 aliphatic rings. The van der Waals surface area contributed by atoms with Crippen LogP contribution in [-0.4, -0.2) is 20.1 Å². The Balaban J connectivity index is 1.86. The fraction of sp³-hybridized carbons (Fsp3) is 0.0667. The molecule has 1 N–H and O–H groups in total. The van der Waals surface area contributed by atoms with Crippen LogP contribution in [0.25, 0.3) is 0 Å². The lowest BCUT2D eigenvalue weighted by Crippen LogP contribution is -2.49. The van der Waals surface area contributed by atoms with Crippen LogP contribution < -0.4 is 9.84 Å². The predicted octanol–water partition coefficient (Wildman–Crippen LogP) is 2.70. The Bertz CT molecular complexity index is 779. The van der Waals surface area contributed by atoms with Gasteiger partial charge in [0, 0.05) is 0 Å². The van der Waals surface area contributed by atoms with Gasteiger partial charge in [0.25, 0.3) is 10.0 Å². The minimum absolute atomic E-state index is 0.200. The number of rotatable bonds is 4. The summed E-state index contributed by atoms with van der Waals surface area (Å²) in [6.45, 7) is 0.347. The van der Waals surface area contributed by atoms with Crippen LogP contribution in [-0.2, 0) is 10.0 Å². The van der Waals surface area contributed by atoms with E-state index in [1.165, 1.54) is 5.12 Å². The molecule has 0 unspecified atom stereocenters. The molecule has 0 spiro atoms. The van der Waals surface area contributed by atoms with Crippen molar-refractivity contribution in [1.29, 1.82) is 0 Å². The van der Waals surface area contributed by atoms with Crippen LogP contribution in [0.3, 0.4) is 0 Å². The number of anilines is 1. The minimum atomic E-state index is -3.67. The number of sulfonamides is 1. The highest BCUT2D eigenvalue weighted by Gasteiger charge is 2.28. The number of hydrogen-bond acceptors (Lipinski definition) is 4. The van der Waals surface area contributed by atoms with Crippen LogP contribution in [0.2, 0.25) is 0 Å². The normalized spacial score (nSPS) is 15.9. The summed E-state index contributed by atoms with van der Waals surface area (Å²) in [6, 6.07) is 17.5. The van der Waals surface area contributed by atoms with Gasteiger partial charge in [-0.15, -0.1) is 9.95 Å². The van der Waals surface area contributed by atoms with Gasteiger partial charge in [-0.1, -0.05) is 48.0 Å². The molecule has 1 aliphatic heterocycles. The number of para-hydroxylation sites is 1. The highest BCUT2D eigenvalue weighted by Crippen LogP contribution is 2.27. The molecule has 1 heterocycles. The van der Waals surface area contributed by atoms with Crippen molar-refractivity contribution < 1.29 is 8.42 Å². The molecule has 3 rings (SSSR count). The van der Waals surface area contributed by atoms with E-state index in [1.807, 2.05) is 30.3 Å². The topological polar surface area (TPSA) is 52.7 Å². The first kappa shape index (κ1) is 15.1. The van der Waals surface area contributed by atoms with Crippen LogP contribution in [0.1, 0.15) is 0 Å². The molecule has 0 saturated carbocycles. The second kappa shape index (κ2) is 6.10. The third kappa shape index (κ3) is 3.00. The first-order chi connectivity index (χ1) is 10.6. The van der Waals surface area contributed by atoms with E-state index in [-0.39, 0.29) is 4.90 Å². The lowest BCUT2D eigenvalue weighted by molar-refractivity contribution is 0.283. The molecule has 0 saturated heterocycles. The largest absolute Gasteiger partial charge is 0.254 e. The molecule has 0 aliphatic carbocycles. The Hall–Kier alpha value is -1.86. The summed E-state index contributed by atoms with van der Waals surface area (Å²) >= 11 is 6.19. The molecule has 0 fully saturated rings. The van der Waals surface area contributed by atoms with Crippen molar-refractivity contribution in [3.8, 4) is 0 Å². The van der Waals surface area contributed by atoms with Crippen LogP contribution in [0, 0.1) is 0 Å². The third-order valence-corrected chi connectivity index (χ3v) is 4.81. The van der Waals surface area contributed by atoms with Crippen molar-refractivity contribution in [2.75, 3.05) is 11.6 Å². The molecule has 114 valence electrons. The zero-order valence-electron chi connectivity index (χ0n) is 11.6. The van der Waals surface area contributed by atoms with Crippen molar-refractivity contribution in [3.63, 3.8) is 0 Å². The second-order valence-electron chi connectivity index (χ2n) is 4.66. The van der Waals surface area contributed by atoms with E-state index in [4.69, 9.17) is 11.6 Å². The second-order valence-corrected chi connectivity index (χ2v) is 6.71. The first-order valence-corrected chi connectivity index (χ1v) is 8.50. The molecular formula is C15H14ClN3O2S. The number of nitrogens with zero attached hydrogens (tertiary/aromatic N) is 2. The van der Waals surface area contributed by atoms with Crippen LogP contribution in [0.15, 0.2) is 76.8 Å². The average molecular weight is 336 g/mol. The van der Waals surface area contributed by atoms with E-state index in [2.05, 4.69) is 4.83 Å². The fourth-order valence-electron chi connectivity index (χ4n) is 2.15. The van der Waals surface area contributed by atoms with Crippen molar-refractivity contribution in [2.45, 2.75) is 4.90 Å². The summed E-state index contributed by atoms with van der Waals surface area (Å²) in [5.41, 5.74) is 0.775. The highest BCUT2D eigenvalue weighted by atomic mass is 35.5. The maximum atomic E-state index is 12.4. The summed E-state index contributed by atoms with van der Waals surface area (Å²) in [4.78, 5) is 2.75. The summed E-state index contributed by atoms with van der Waals surface area (Å²) in [5, 5.41) is 3.52. The fourth-order valence-corrected chi connectivity index (χ4v) is 3.46. The van der Waals surface area contributed by atoms with E-state index in [0.717, 1.165) is 5.69 Å². The van der Waals surface area contributed by atoms with Crippen molar-refractivity contribution >= 4 is 27.3 Å². The summed E-state index contributed by atoms with van der Waals surface area (Å²) in [7, 11) is -3.67. The molecule has 2 aromatic rings. The zero-order chi connectivity index (χ0) is 15.6. The Morgan fingerprint density at radius 3 is 2.18 bits per heavy atom. The highest BCUT2D eigenvalue weighted by molar-refractivity contribution is 7.89. The molecule has 22 heavy (non-hydrogen) atoms. The van der Waals surface area contributed by atoms with Gasteiger partial charge in [0.2, 0.25) is 0 Å². The van der Waals surface area contributed by atoms with Gasteiger partial charge in [-0.05, 0) is 30.3 Å². The quantitative estimate of drug-likeness (QED) is 0.873. The molecule has 0 amide bonds. The SMILES string of the molecule is O=S(=O)(NN1CC=C(Cl)N1c1ccccc1)c1ccccc1. The van der Waals surface area contributed by atoms with Gasteiger partial charge in [-0.3, -0.25) is 0 Å². The summed E-state index contributed by atoms with van der Waals surface area (Å²) in [6.07, 6.45) is 1.74. The molecule has 0 aromatic heterocycles. The van der Waals surface area contributed by atoms with Crippen molar-refractivity contribution in [3.05, 3.63) is 71.9 Å². The molecule has 0 bridgehead atoms. The van der Waals surface area contributed by atoms with Gasteiger partial charge in [0.1, 0.15) is 5.16 Å². The Morgan fingerprint density at radius 2 is 1.55 bits per heavy atom. The molecule has 0 radical (unpaired) electrons. The smallest absolute Gasteiger partial charge is 0.249 e. The average Bonchev–Trinajstić information content (AvgIpc) is 2.89. The van der Waals surface area contributed by atoms with Gasteiger partial charge in [0.15, 0.2) is 0 Å². The van der Waals surface area contributed by atoms with Crippen molar-refractivity contribution in [2.24, 2.45) is 0 Å². The third-order valence-electron chi connectivity index (χ3n) is 3.16. The molecular weight excluding hydrogens is 322 g/mol. The molecule has 5 nitrogen and oxygen atoms in total. The monoisotopic (exact) mass is 335 g/mol. The maximum absolute atomic E-state index is 12.4. The molecule has 7 heteroatoms. The van der Waals surface area contributed by atoms with Crippen LogP contribution in [0.4, 0.5) is 5.69 Å². The van der Waals surface area contributed by atoms with Crippen molar-refractivity contribution in [1.82, 2.24) is 9.95 Å². The lowest BCUT2D eigenvalue weighted by atomic mass is 10.3. The van der Waals surface area contributed by atoms with E-state index in [1.54, 1.807) is 41.4 Å². The van der Waals surface area contributed by atoms with E-state index >= 15 is 0 Å². The van der Waals surface area contributed by atoms with E-state index in [0.29, 0.717) is 11.7 Å². The maximum Gasteiger partial charge on any atom is 0.254 e. The molecule has 2 aromatic carbocycles. The van der Waals surface area contributed by atoms with Crippen LogP contribution in [0.5, 0.6) is 0 Å². The zero-order valence-corrected chi connectivity index (χ0v) is 13.1. The Kier molecular flexibility index (Phi) is 4.17. The number of hydrazine groups is 2. The number of halogens is 1. The van der Waals surface area contributed by atoms with Crippen LogP contribution >= 0.6 is 11.6 Å². The molecule has 0 atom stereocenters. The van der Waals surface area contributed by atoms with Gasteiger partial charge >= 0.3 is 0 Å². The standard InChI is InChI=1S/C15H14ClN3O2S/c16-15-11-12-18(19(15)13-7-3-1-4-8-13)17-22(20,21)14-9-5-2-6-10-14/h1-11,17H,12H2. The Labute approximate surface area is 134 Å². The van der Waals surface area contributed by atoms with Gasteiger partial charge in [-0.25, -0.2) is 13.4 Å². The van der Waals surface area contributed by atoms with Gasteiger partial charge < -0.3 is 0 Å². The lowest BCUT2D eigenvalue weighted by Gasteiger charge is -2.30. The minimum Gasteiger partial charge on any atom is -0.249 e. The van der Waals surface area contributed by atoms with E-state index < -0.39 is 10.0 Å². The van der Waals surface area contributed by atoms with Gasteiger partial charge in [-0.2, -0.15) is 0 Å². The number of hydrogen-bond donors (Lipinski definition) is 1. The Morgan fingerprint density at radius 1 is 0.955 bits per heavy atom. The number of nitrogens with one attached hydrogen (secondary N) is 1. The predicted molar refractivity (Wildman–Crippen MR) is 86.3 cm³/mol.